The molecule has 0 saturated heterocycles. The van der Waals surface area contributed by atoms with Gasteiger partial charge >= 0.3 is 0 Å². The first-order valence-corrected chi connectivity index (χ1v) is 8.30. The van der Waals surface area contributed by atoms with Crippen LogP contribution in [0.3, 0.4) is 0 Å². The molecule has 0 saturated carbocycles. The molecule has 0 aliphatic carbocycles. The summed E-state index contributed by atoms with van der Waals surface area (Å²) < 4.78 is 4.59. The lowest BCUT2D eigenvalue weighted by Gasteiger charge is -2.01. The van der Waals surface area contributed by atoms with Crippen LogP contribution in [0.25, 0.3) is 0 Å². The zero-order chi connectivity index (χ0) is 13.9. The second-order valence-corrected chi connectivity index (χ2v) is 6.02. The van der Waals surface area contributed by atoms with E-state index in [1.165, 1.54) is 64.3 Å². The summed E-state index contributed by atoms with van der Waals surface area (Å²) in [5.74, 6) is 0. The maximum absolute atomic E-state index is 2.32. The smallest absolute Gasteiger partial charge is 0.237 e. The number of imidazole rings is 1. The van der Waals surface area contributed by atoms with Crippen molar-refractivity contribution in [2.45, 2.75) is 91.1 Å². The van der Waals surface area contributed by atoms with Gasteiger partial charge in [-0.2, -0.15) is 0 Å². The second kappa shape index (κ2) is 10.1. The molecule has 0 fully saturated rings. The Morgan fingerprint density at radius 1 is 0.895 bits per heavy atom. The van der Waals surface area contributed by atoms with Gasteiger partial charge in [-0.25, -0.2) is 9.13 Å². The fourth-order valence-corrected chi connectivity index (χ4v) is 2.45. The molecule has 0 N–H and O–H groups in total. The molecule has 0 unspecified atom stereocenters. The summed E-state index contributed by atoms with van der Waals surface area (Å²) in [4.78, 5) is 0. The molecule has 1 aromatic heterocycles. The van der Waals surface area contributed by atoms with Gasteiger partial charge in [0.25, 0.3) is 0 Å². The maximum atomic E-state index is 2.32. The summed E-state index contributed by atoms with van der Waals surface area (Å²) in [6.07, 6.45) is 19.3. The zero-order valence-corrected chi connectivity index (χ0v) is 13.3. The van der Waals surface area contributed by atoms with E-state index < -0.39 is 0 Å². The van der Waals surface area contributed by atoms with E-state index >= 15 is 0 Å². The Hall–Kier alpha value is -0.790. The van der Waals surface area contributed by atoms with Gasteiger partial charge in [-0.05, 0) is 26.7 Å². The van der Waals surface area contributed by atoms with Gasteiger partial charge in [0, 0.05) is 0 Å². The van der Waals surface area contributed by atoms with E-state index in [0.29, 0.717) is 6.04 Å². The van der Waals surface area contributed by atoms with Gasteiger partial charge in [-0.3, -0.25) is 0 Å². The highest BCUT2D eigenvalue weighted by atomic mass is 15.1. The van der Waals surface area contributed by atoms with Crippen LogP contribution < -0.4 is 4.57 Å². The number of nitrogens with zero attached hydrogens (tertiary/aromatic N) is 2. The lowest BCUT2D eigenvalue weighted by atomic mass is 10.1. The molecule has 0 radical (unpaired) electrons. The molecule has 0 spiro atoms. The highest BCUT2D eigenvalue weighted by Crippen LogP contribution is 2.09. The molecular weight excluding hydrogens is 232 g/mol. The normalized spacial score (nSPS) is 11.4. The van der Waals surface area contributed by atoms with Crippen molar-refractivity contribution in [2.24, 2.45) is 0 Å². The Kier molecular flexibility index (Phi) is 8.61. The average molecular weight is 265 g/mol. The predicted octanol–water partition coefficient (Wildman–Crippen LogP) is 4.89. The molecule has 110 valence electrons. The van der Waals surface area contributed by atoms with Gasteiger partial charge in [-0.1, -0.05) is 51.9 Å². The Labute approximate surface area is 119 Å². The van der Waals surface area contributed by atoms with Crippen molar-refractivity contribution in [3.8, 4) is 0 Å². The quantitative estimate of drug-likeness (QED) is 0.398. The van der Waals surface area contributed by atoms with Crippen LogP contribution in [0.4, 0.5) is 0 Å². The molecule has 0 aromatic carbocycles. The molecule has 2 heteroatoms. The minimum atomic E-state index is 0.573. The van der Waals surface area contributed by atoms with E-state index in [0.717, 1.165) is 0 Å². The fraction of sp³-hybridized carbons (Fsp3) is 0.824. The van der Waals surface area contributed by atoms with Crippen molar-refractivity contribution < 1.29 is 4.57 Å². The predicted molar refractivity (Wildman–Crippen MR) is 82.2 cm³/mol. The monoisotopic (exact) mass is 265 g/mol. The Morgan fingerprint density at radius 2 is 1.47 bits per heavy atom. The molecule has 19 heavy (non-hydrogen) atoms. The Balaban J connectivity index is 1.95. The Bertz CT molecular complexity index is 315. The highest BCUT2D eigenvalue weighted by Gasteiger charge is 2.05. The number of hydrogen-bond donors (Lipinski definition) is 0. The topological polar surface area (TPSA) is 8.81 Å². The lowest BCUT2D eigenvalue weighted by molar-refractivity contribution is -0.697. The van der Waals surface area contributed by atoms with Crippen molar-refractivity contribution in [1.82, 2.24) is 4.57 Å². The lowest BCUT2D eigenvalue weighted by Crippen LogP contribution is -2.31. The maximum Gasteiger partial charge on any atom is 0.243 e. The van der Waals surface area contributed by atoms with Gasteiger partial charge in [0.1, 0.15) is 12.4 Å². The standard InChI is InChI=1S/C17H33N2/c1-4-5-6-7-8-9-10-11-12-13-18-14-15-19(16-18)17(2)3/h14-17H,4-13H2,1-3H3/q+1. The summed E-state index contributed by atoms with van der Waals surface area (Å²) in [6.45, 7) is 7.91. The third-order valence-corrected chi connectivity index (χ3v) is 3.83. The molecule has 1 rings (SSSR count). The van der Waals surface area contributed by atoms with Gasteiger partial charge in [0.05, 0.1) is 12.6 Å². The number of aryl methyl sites for hydroxylation is 1. The molecule has 0 aliphatic rings. The van der Waals surface area contributed by atoms with Gasteiger partial charge in [0.15, 0.2) is 0 Å². The number of aromatic nitrogens is 2. The highest BCUT2D eigenvalue weighted by molar-refractivity contribution is 4.69. The minimum Gasteiger partial charge on any atom is -0.237 e. The number of hydrogen-bond acceptors (Lipinski definition) is 0. The van der Waals surface area contributed by atoms with Crippen LogP contribution in [-0.4, -0.2) is 4.57 Å². The Morgan fingerprint density at radius 3 is 2.00 bits per heavy atom. The summed E-state index contributed by atoms with van der Waals surface area (Å²) >= 11 is 0. The summed E-state index contributed by atoms with van der Waals surface area (Å²) in [7, 11) is 0. The van der Waals surface area contributed by atoms with E-state index in [4.69, 9.17) is 0 Å². The van der Waals surface area contributed by atoms with E-state index in [1.807, 2.05) is 0 Å². The van der Waals surface area contributed by atoms with Crippen molar-refractivity contribution in [2.75, 3.05) is 0 Å². The summed E-state index contributed by atoms with van der Waals surface area (Å²) in [5.41, 5.74) is 0. The zero-order valence-electron chi connectivity index (χ0n) is 13.3. The van der Waals surface area contributed by atoms with E-state index in [9.17, 15) is 0 Å². The first-order valence-electron chi connectivity index (χ1n) is 8.30. The largest absolute Gasteiger partial charge is 0.243 e. The van der Waals surface area contributed by atoms with Crippen LogP contribution >= 0.6 is 0 Å². The van der Waals surface area contributed by atoms with Crippen LogP contribution in [-0.2, 0) is 6.54 Å². The average Bonchev–Trinajstić information content (AvgIpc) is 2.86. The summed E-state index contributed by atoms with van der Waals surface area (Å²) in [6, 6.07) is 0.573. The molecule has 0 amide bonds. The van der Waals surface area contributed by atoms with Gasteiger partial charge < -0.3 is 0 Å². The van der Waals surface area contributed by atoms with Crippen molar-refractivity contribution in [1.29, 1.82) is 0 Å². The van der Waals surface area contributed by atoms with E-state index in [1.54, 1.807) is 0 Å². The van der Waals surface area contributed by atoms with Gasteiger partial charge in [0.2, 0.25) is 6.33 Å². The van der Waals surface area contributed by atoms with Crippen molar-refractivity contribution >= 4 is 0 Å². The van der Waals surface area contributed by atoms with Crippen LogP contribution in [0, 0.1) is 0 Å². The third kappa shape index (κ3) is 7.39. The molecular formula is C17H33N2+. The molecule has 1 aromatic rings. The van der Waals surface area contributed by atoms with Crippen LogP contribution in [0.1, 0.15) is 84.6 Å². The van der Waals surface area contributed by atoms with Crippen molar-refractivity contribution in [3.05, 3.63) is 18.7 Å². The number of rotatable bonds is 11. The van der Waals surface area contributed by atoms with Crippen LogP contribution in [0.2, 0.25) is 0 Å². The SMILES string of the molecule is CCCCCCCCCCC[n+]1ccn(C(C)C)c1. The van der Waals surface area contributed by atoms with E-state index in [2.05, 4.69) is 48.6 Å². The van der Waals surface area contributed by atoms with Crippen LogP contribution in [0.5, 0.6) is 0 Å². The van der Waals surface area contributed by atoms with E-state index in [-0.39, 0.29) is 0 Å². The van der Waals surface area contributed by atoms with Crippen LogP contribution in [0.15, 0.2) is 18.7 Å². The minimum absolute atomic E-state index is 0.573. The number of unbranched alkanes of at least 4 members (excludes halogenated alkanes) is 8. The second-order valence-electron chi connectivity index (χ2n) is 6.02. The summed E-state index contributed by atoms with van der Waals surface area (Å²) in [5, 5.41) is 0. The molecule has 2 nitrogen and oxygen atoms in total. The van der Waals surface area contributed by atoms with Crippen molar-refractivity contribution in [3.63, 3.8) is 0 Å². The third-order valence-electron chi connectivity index (χ3n) is 3.83. The fourth-order valence-electron chi connectivity index (χ4n) is 2.45. The molecule has 0 aliphatic heterocycles. The van der Waals surface area contributed by atoms with Gasteiger partial charge in [-0.15, -0.1) is 0 Å². The molecule has 1 heterocycles. The molecule has 0 atom stereocenters. The first kappa shape index (κ1) is 16.3. The molecule has 0 bridgehead atoms. The first-order chi connectivity index (χ1) is 9.24.